The van der Waals surface area contributed by atoms with E-state index in [9.17, 15) is 4.79 Å². The van der Waals surface area contributed by atoms with Crippen molar-refractivity contribution in [2.24, 2.45) is 0 Å². The van der Waals surface area contributed by atoms with E-state index in [1.54, 1.807) is 0 Å². The third-order valence-corrected chi connectivity index (χ3v) is 2.49. The van der Waals surface area contributed by atoms with Gasteiger partial charge in [0.1, 0.15) is 0 Å². The van der Waals surface area contributed by atoms with E-state index in [1.165, 1.54) is 37.8 Å². The van der Waals surface area contributed by atoms with Gasteiger partial charge in [-0.2, -0.15) is 0 Å². The molecule has 96 valence electrons. The van der Waals surface area contributed by atoms with Gasteiger partial charge in [-0.25, -0.2) is 4.79 Å². The number of carbonyl (C=O) groups excluding carboxylic acids is 1. The SMILES string of the molecule is CCCCCCCCOC(=O)C=CC#CCBr. The maximum Gasteiger partial charge on any atom is 0.331 e. The standard InChI is InChI=1S/C14H21BrO2/c1-2-3-4-5-6-10-13-17-14(16)11-8-7-9-12-15/h8,11H,2-6,10,12-13H2,1H3. The number of unbranched alkanes of at least 4 members (excludes halogenated alkanes) is 5. The van der Waals surface area contributed by atoms with Gasteiger partial charge in [-0.15, -0.1) is 0 Å². The Kier molecular flexibility index (Phi) is 12.7. The van der Waals surface area contributed by atoms with Gasteiger partial charge in [-0.05, 0) is 12.5 Å². The highest BCUT2D eigenvalue weighted by atomic mass is 79.9. The van der Waals surface area contributed by atoms with Crippen LogP contribution in [0.2, 0.25) is 0 Å². The second-order valence-corrected chi connectivity index (χ2v) is 4.28. The minimum atomic E-state index is -0.303. The first-order valence-corrected chi connectivity index (χ1v) is 7.31. The van der Waals surface area contributed by atoms with E-state index in [0.717, 1.165) is 12.8 Å². The molecule has 0 heterocycles. The lowest BCUT2D eigenvalue weighted by molar-refractivity contribution is -0.137. The Bertz CT molecular complexity index is 274. The molecule has 0 unspecified atom stereocenters. The van der Waals surface area contributed by atoms with E-state index in [-0.39, 0.29) is 5.97 Å². The summed E-state index contributed by atoms with van der Waals surface area (Å²) in [6, 6.07) is 0. The Morgan fingerprint density at radius 1 is 1.24 bits per heavy atom. The molecule has 0 bridgehead atoms. The first-order valence-electron chi connectivity index (χ1n) is 6.19. The molecule has 0 rings (SSSR count). The molecule has 2 nitrogen and oxygen atoms in total. The van der Waals surface area contributed by atoms with Crippen molar-refractivity contribution in [1.82, 2.24) is 0 Å². The van der Waals surface area contributed by atoms with E-state index in [1.807, 2.05) is 0 Å². The van der Waals surface area contributed by atoms with Crippen LogP contribution < -0.4 is 0 Å². The Morgan fingerprint density at radius 3 is 2.65 bits per heavy atom. The van der Waals surface area contributed by atoms with Crippen molar-refractivity contribution < 1.29 is 9.53 Å². The molecule has 0 saturated carbocycles. The van der Waals surface area contributed by atoms with Crippen LogP contribution in [0.4, 0.5) is 0 Å². The molecule has 0 aromatic heterocycles. The van der Waals surface area contributed by atoms with Crippen LogP contribution in [0.5, 0.6) is 0 Å². The van der Waals surface area contributed by atoms with Crippen molar-refractivity contribution in [1.29, 1.82) is 0 Å². The molecule has 0 N–H and O–H groups in total. The summed E-state index contributed by atoms with van der Waals surface area (Å²) in [5, 5.41) is 0.615. The van der Waals surface area contributed by atoms with Crippen LogP contribution in [-0.2, 0) is 9.53 Å². The van der Waals surface area contributed by atoms with Crippen molar-refractivity contribution in [2.45, 2.75) is 45.4 Å². The van der Waals surface area contributed by atoms with Crippen molar-refractivity contribution in [2.75, 3.05) is 11.9 Å². The summed E-state index contributed by atoms with van der Waals surface area (Å²) >= 11 is 3.17. The van der Waals surface area contributed by atoms with Crippen molar-refractivity contribution >= 4 is 21.9 Å². The zero-order chi connectivity index (χ0) is 12.8. The van der Waals surface area contributed by atoms with Gasteiger partial charge in [0.25, 0.3) is 0 Å². The minimum absolute atomic E-state index is 0.303. The van der Waals surface area contributed by atoms with E-state index >= 15 is 0 Å². The number of hydrogen-bond acceptors (Lipinski definition) is 2. The molecular formula is C14H21BrO2. The van der Waals surface area contributed by atoms with Crippen LogP contribution in [0, 0.1) is 11.8 Å². The second-order valence-electron chi connectivity index (χ2n) is 3.72. The maximum atomic E-state index is 11.2. The molecule has 0 aliphatic carbocycles. The fourth-order valence-electron chi connectivity index (χ4n) is 1.31. The molecule has 0 radical (unpaired) electrons. The van der Waals surface area contributed by atoms with Gasteiger partial charge < -0.3 is 4.74 Å². The number of carbonyl (C=O) groups is 1. The third kappa shape index (κ3) is 13.2. The van der Waals surface area contributed by atoms with Crippen LogP contribution in [0.1, 0.15) is 45.4 Å². The van der Waals surface area contributed by atoms with E-state index < -0.39 is 0 Å². The Morgan fingerprint density at radius 2 is 1.94 bits per heavy atom. The highest BCUT2D eigenvalue weighted by molar-refractivity contribution is 9.09. The van der Waals surface area contributed by atoms with Crippen LogP contribution in [0.15, 0.2) is 12.2 Å². The number of ether oxygens (including phenoxy) is 1. The molecule has 0 aromatic rings. The lowest BCUT2D eigenvalue weighted by Gasteiger charge is -2.01. The van der Waals surface area contributed by atoms with E-state index in [4.69, 9.17) is 4.74 Å². The molecule has 0 saturated heterocycles. The van der Waals surface area contributed by atoms with Gasteiger partial charge in [0.15, 0.2) is 0 Å². The van der Waals surface area contributed by atoms with Gasteiger partial charge in [0.2, 0.25) is 0 Å². The van der Waals surface area contributed by atoms with Crippen LogP contribution >= 0.6 is 15.9 Å². The summed E-state index contributed by atoms with van der Waals surface area (Å²) in [7, 11) is 0. The van der Waals surface area contributed by atoms with Crippen LogP contribution in [0.3, 0.4) is 0 Å². The van der Waals surface area contributed by atoms with Gasteiger partial charge >= 0.3 is 5.97 Å². The lowest BCUT2D eigenvalue weighted by Crippen LogP contribution is -2.02. The fraction of sp³-hybridized carbons (Fsp3) is 0.643. The highest BCUT2D eigenvalue weighted by Gasteiger charge is 1.95. The molecular weight excluding hydrogens is 280 g/mol. The minimum Gasteiger partial charge on any atom is -0.463 e. The van der Waals surface area contributed by atoms with Gasteiger partial charge in [0, 0.05) is 6.08 Å². The molecule has 0 amide bonds. The summed E-state index contributed by atoms with van der Waals surface area (Å²) in [5.41, 5.74) is 0. The number of hydrogen-bond donors (Lipinski definition) is 0. The lowest BCUT2D eigenvalue weighted by atomic mass is 10.1. The zero-order valence-corrected chi connectivity index (χ0v) is 12.1. The second kappa shape index (κ2) is 13.3. The molecule has 0 spiro atoms. The van der Waals surface area contributed by atoms with Crippen molar-refractivity contribution in [3.8, 4) is 11.8 Å². The molecule has 0 aliphatic rings. The first-order chi connectivity index (χ1) is 8.31. The molecule has 3 heteroatoms. The summed E-state index contributed by atoms with van der Waals surface area (Å²) < 4.78 is 5.02. The van der Waals surface area contributed by atoms with E-state index in [2.05, 4.69) is 34.7 Å². The van der Waals surface area contributed by atoms with Gasteiger partial charge in [-0.3, -0.25) is 0 Å². The van der Waals surface area contributed by atoms with Crippen molar-refractivity contribution in [3.63, 3.8) is 0 Å². The smallest absolute Gasteiger partial charge is 0.331 e. The van der Waals surface area contributed by atoms with Crippen LogP contribution in [0.25, 0.3) is 0 Å². The average Bonchev–Trinajstić information content (AvgIpc) is 2.33. The Balaban J connectivity index is 3.36. The quantitative estimate of drug-likeness (QED) is 0.224. The number of alkyl halides is 1. The monoisotopic (exact) mass is 300 g/mol. The molecule has 0 aliphatic heterocycles. The summed E-state index contributed by atoms with van der Waals surface area (Å²) in [6.07, 6.45) is 10.1. The number of esters is 1. The largest absolute Gasteiger partial charge is 0.463 e. The zero-order valence-electron chi connectivity index (χ0n) is 10.5. The van der Waals surface area contributed by atoms with E-state index in [0.29, 0.717) is 11.9 Å². The van der Waals surface area contributed by atoms with Gasteiger partial charge in [0.05, 0.1) is 11.9 Å². The number of rotatable bonds is 8. The molecule has 17 heavy (non-hydrogen) atoms. The topological polar surface area (TPSA) is 26.3 Å². The predicted molar refractivity (Wildman–Crippen MR) is 75.0 cm³/mol. The molecule has 0 aromatic carbocycles. The number of allylic oxidation sites excluding steroid dienone is 1. The normalized spacial score (nSPS) is 10.0. The van der Waals surface area contributed by atoms with Crippen molar-refractivity contribution in [3.05, 3.63) is 12.2 Å². The predicted octanol–water partition coefficient (Wildman–Crippen LogP) is 3.84. The third-order valence-electron chi connectivity index (χ3n) is 2.21. The first kappa shape index (κ1) is 16.2. The summed E-state index contributed by atoms with van der Waals surface area (Å²) in [4.78, 5) is 11.2. The molecule has 0 fully saturated rings. The Hall–Kier alpha value is -0.750. The fourth-order valence-corrected chi connectivity index (χ4v) is 1.47. The number of halogens is 1. The maximum absolute atomic E-state index is 11.2. The van der Waals surface area contributed by atoms with Gasteiger partial charge in [-0.1, -0.05) is 66.8 Å². The summed E-state index contributed by atoms with van der Waals surface area (Å²) in [6.45, 7) is 2.72. The van der Waals surface area contributed by atoms with Crippen LogP contribution in [-0.4, -0.2) is 17.9 Å². The highest BCUT2D eigenvalue weighted by Crippen LogP contribution is 2.04. The average molecular weight is 301 g/mol. The Labute approximate surface area is 113 Å². The summed E-state index contributed by atoms with van der Waals surface area (Å²) in [5.74, 6) is 5.18. The molecule has 0 atom stereocenters.